The van der Waals surface area contributed by atoms with Crippen LogP contribution >= 0.6 is 11.8 Å². The molecule has 190 valence electrons. The summed E-state index contributed by atoms with van der Waals surface area (Å²) >= 11 is 1.78. The minimum Gasteiger partial charge on any atom is -0.347 e. The first-order valence-electron chi connectivity index (χ1n) is 13.2. The van der Waals surface area contributed by atoms with Gasteiger partial charge in [-0.3, -0.25) is 14.4 Å². The summed E-state index contributed by atoms with van der Waals surface area (Å²) in [5, 5.41) is 9.30. The van der Waals surface area contributed by atoms with Crippen LogP contribution in [0.5, 0.6) is 0 Å². The van der Waals surface area contributed by atoms with Crippen molar-refractivity contribution in [1.82, 2.24) is 20.9 Å². The minimum absolute atomic E-state index is 0.00128. The molecule has 5 rings (SSSR count). The van der Waals surface area contributed by atoms with Gasteiger partial charge in [-0.15, -0.1) is 11.8 Å². The zero-order valence-electron chi connectivity index (χ0n) is 20.8. The Morgan fingerprint density at radius 3 is 2.63 bits per heavy atom. The molecule has 1 aromatic carbocycles. The van der Waals surface area contributed by atoms with Crippen molar-refractivity contribution in [3.05, 3.63) is 35.4 Å². The standard InChI is InChI=1S/C27H38N4O3S/c1-17(28-2)24(32)30-21-12-15-35-22-16-27(13-5-6-14-27)23(31(22)26(21)34)25(33)29-20-11-7-9-18-8-3-4-10-19(18)20/h3-4,8,10,17,20-23,28H,5-7,9,11-16H2,1-2H3,(H,29,33)(H,30,32)/t17-,20?,21-,22?,23?/m0/s1. The van der Waals surface area contributed by atoms with E-state index in [-0.39, 0.29) is 40.6 Å². The van der Waals surface area contributed by atoms with Gasteiger partial charge in [0.15, 0.2) is 0 Å². The van der Waals surface area contributed by atoms with Crippen LogP contribution in [0.1, 0.15) is 75.5 Å². The Bertz CT molecular complexity index is 979. The van der Waals surface area contributed by atoms with Crippen LogP contribution in [0.25, 0.3) is 0 Å². The topological polar surface area (TPSA) is 90.5 Å². The van der Waals surface area contributed by atoms with E-state index in [9.17, 15) is 14.4 Å². The number of benzene rings is 1. The fourth-order valence-corrected chi connectivity index (χ4v) is 8.21. The van der Waals surface area contributed by atoms with Crippen molar-refractivity contribution in [2.75, 3.05) is 12.8 Å². The maximum Gasteiger partial charge on any atom is 0.246 e. The molecule has 0 radical (unpaired) electrons. The van der Waals surface area contributed by atoms with Gasteiger partial charge in [-0.05, 0) is 75.8 Å². The number of carbonyl (C=O) groups excluding carboxylic acids is 3. The van der Waals surface area contributed by atoms with Crippen molar-refractivity contribution in [2.24, 2.45) is 5.41 Å². The van der Waals surface area contributed by atoms with Crippen molar-refractivity contribution in [3.63, 3.8) is 0 Å². The van der Waals surface area contributed by atoms with Crippen LogP contribution in [0.2, 0.25) is 0 Å². The van der Waals surface area contributed by atoms with Gasteiger partial charge >= 0.3 is 0 Å². The number of carbonyl (C=O) groups is 3. The highest BCUT2D eigenvalue weighted by Crippen LogP contribution is 2.55. The predicted molar refractivity (Wildman–Crippen MR) is 138 cm³/mol. The molecule has 2 aliphatic heterocycles. The Morgan fingerprint density at radius 1 is 1.09 bits per heavy atom. The van der Waals surface area contributed by atoms with Gasteiger partial charge in [-0.2, -0.15) is 0 Å². The maximum atomic E-state index is 14.1. The molecule has 0 aromatic heterocycles. The number of fused-ring (bicyclic) bond motifs is 2. The van der Waals surface area contributed by atoms with Crippen LogP contribution in [0.4, 0.5) is 0 Å². The van der Waals surface area contributed by atoms with E-state index >= 15 is 0 Å². The summed E-state index contributed by atoms with van der Waals surface area (Å²) in [7, 11) is 1.74. The number of nitrogens with zero attached hydrogens (tertiary/aromatic N) is 1. The summed E-state index contributed by atoms with van der Waals surface area (Å²) in [5.41, 5.74) is 2.37. The number of rotatable bonds is 5. The molecule has 5 atom stereocenters. The number of hydrogen-bond donors (Lipinski definition) is 3. The zero-order chi connectivity index (χ0) is 24.6. The Kier molecular flexibility index (Phi) is 7.13. The number of amides is 3. The fourth-order valence-electron chi connectivity index (χ4n) is 6.73. The molecule has 1 spiro atoms. The number of likely N-dealkylation sites (N-methyl/N-ethyl adjacent to an activating group) is 1. The first-order chi connectivity index (χ1) is 16.9. The largest absolute Gasteiger partial charge is 0.347 e. The van der Waals surface area contributed by atoms with Gasteiger partial charge in [0.25, 0.3) is 0 Å². The molecule has 1 saturated carbocycles. The fraction of sp³-hybridized carbons (Fsp3) is 0.667. The molecular formula is C27H38N4O3S. The van der Waals surface area contributed by atoms with Crippen LogP contribution < -0.4 is 16.0 Å². The quantitative estimate of drug-likeness (QED) is 0.581. The lowest BCUT2D eigenvalue weighted by Gasteiger charge is -2.37. The Morgan fingerprint density at radius 2 is 1.86 bits per heavy atom. The van der Waals surface area contributed by atoms with Crippen LogP contribution in [0, 0.1) is 5.41 Å². The maximum absolute atomic E-state index is 14.1. The van der Waals surface area contributed by atoms with E-state index in [1.807, 2.05) is 11.0 Å². The number of aryl methyl sites for hydroxylation is 1. The van der Waals surface area contributed by atoms with Crippen LogP contribution in [0.3, 0.4) is 0 Å². The lowest BCUT2D eigenvalue weighted by Crippen LogP contribution is -2.58. The van der Waals surface area contributed by atoms with Gasteiger partial charge in [0, 0.05) is 5.41 Å². The Hall–Kier alpha value is -2.06. The summed E-state index contributed by atoms with van der Waals surface area (Å²) in [6, 6.07) is 6.96. The van der Waals surface area contributed by atoms with E-state index in [4.69, 9.17) is 0 Å². The molecule has 3 amide bonds. The molecule has 7 nitrogen and oxygen atoms in total. The SMILES string of the molecule is CN[C@@H](C)C(=O)N[C@H]1CCSC2CC3(CCCC3)C(C(=O)NC3CCCc4ccccc43)N2C1=O. The molecule has 2 saturated heterocycles. The highest BCUT2D eigenvalue weighted by Gasteiger charge is 2.59. The highest BCUT2D eigenvalue weighted by molar-refractivity contribution is 7.99. The number of hydrogen-bond acceptors (Lipinski definition) is 5. The van der Waals surface area contributed by atoms with Gasteiger partial charge in [0.05, 0.1) is 17.5 Å². The Balaban J connectivity index is 1.42. The van der Waals surface area contributed by atoms with E-state index in [1.54, 1.807) is 25.7 Å². The smallest absolute Gasteiger partial charge is 0.246 e. The summed E-state index contributed by atoms with van der Waals surface area (Å²) < 4.78 is 0. The van der Waals surface area contributed by atoms with Gasteiger partial charge in [-0.1, -0.05) is 37.1 Å². The minimum atomic E-state index is -0.585. The normalized spacial score (nSPS) is 30.3. The summed E-state index contributed by atoms with van der Waals surface area (Å²) in [5.74, 6) is 0.515. The first-order valence-corrected chi connectivity index (χ1v) is 14.3. The average molecular weight is 499 g/mol. The molecule has 8 heteroatoms. The summed E-state index contributed by atoms with van der Waals surface area (Å²) in [6.45, 7) is 1.79. The van der Waals surface area contributed by atoms with Crippen LogP contribution in [0.15, 0.2) is 24.3 Å². The molecule has 3 N–H and O–H groups in total. The Labute approximate surface area is 212 Å². The van der Waals surface area contributed by atoms with E-state index in [1.165, 1.54) is 11.1 Å². The van der Waals surface area contributed by atoms with Crippen molar-refractivity contribution in [1.29, 1.82) is 0 Å². The second-order valence-corrected chi connectivity index (χ2v) is 12.0. The molecule has 35 heavy (non-hydrogen) atoms. The monoisotopic (exact) mass is 498 g/mol. The second kappa shape index (κ2) is 10.1. The van der Waals surface area contributed by atoms with Gasteiger partial charge in [0.1, 0.15) is 12.1 Å². The average Bonchev–Trinajstić information content (AvgIpc) is 3.43. The van der Waals surface area contributed by atoms with Crippen molar-refractivity contribution >= 4 is 29.5 Å². The van der Waals surface area contributed by atoms with E-state index in [2.05, 4.69) is 34.1 Å². The van der Waals surface area contributed by atoms with Crippen molar-refractivity contribution < 1.29 is 14.4 Å². The third-order valence-corrected chi connectivity index (χ3v) is 9.95. The summed E-state index contributed by atoms with van der Waals surface area (Å²) in [6.07, 6.45) is 8.68. The predicted octanol–water partition coefficient (Wildman–Crippen LogP) is 2.90. The van der Waals surface area contributed by atoms with Crippen LogP contribution in [-0.4, -0.2) is 58.9 Å². The van der Waals surface area contributed by atoms with E-state index in [0.717, 1.165) is 57.1 Å². The van der Waals surface area contributed by atoms with Gasteiger partial charge < -0.3 is 20.9 Å². The first kappa shape index (κ1) is 24.6. The van der Waals surface area contributed by atoms with Gasteiger partial charge in [0.2, 0.25) is 17.7 Å². The zero-order valence-corrected chi connectivity index (χ0v) is 21.7. The molecule has 2 heterocycles. The lowest BCUT2D eigenvalue weighted by atomic mass is 9.77. The lowest BCUT2D eigenvalue weighted by molar-refractivity contribution is -0.144. The molecule has 3 fully saturated rings. The molecule has 4 aliphatic rings. The third kappa shape index (κ3) is 4.59. The highest BCUT2D eigenvalue weighted by atomic mass is 32.2. The molecule has 0 bridgehead atoms. The molecular weight excluding hydrogens is 460 g/mol. The summed E-state index contributed by atoms with van der Waals surface area (Å²) in [4.78, 5) is 42.5. The molecule has 1 aromatic rings. The van der Waals surface area contributed by atoms with Crippen LogP contribution in [-0.2, 0) is 20.8 Å². The molecule has 2 aliphatic carbocycles. The van der Waals surface area contributed by atoms with Crippen molar-refractivity contribution in [3.8, 4) is 0 Å². The number of nitrogens with one attached hydrogen (secondary N) is 3. The van der Waals surface area contributed by atoms with E-state index < -0.39 is 12.1 Å². The third-order valence-electron chi connectivity index (χ3n) is 8.70. The molecule has 3 unspecified atom stereocenters. The van der Waals surface area contributed by atoms with Gasteiger partial charge in [-0.25, -0.2) is 0 Å². The number of thioether (sulfide) groups is 1. The second-order valence-electron chi connectivity index (χ2n) is 10.8. The van der Waals surface area contributed by atoms with E-state index in [0.29, 0.717) is 6.42 Å². The van der Waals surface area contributed by atoms with Crippen molar-refractivity contribution in [2.45, 2.75) is 94.3 Å².